The molecule has 0 amide bonds. The molecule has 1 aromatic carbocycles. The molecule has 1 aliphatic heterocycles. The minimum Gasteiger partial charge on any atom is -0.314 e. The first kappa shape index (κ1) is 10.3. The minimum atomic E-state index is -0.119. The number of piperazine rings is 1. The van der Waals surface area contributed by atoms with Gasteiger partial charge in [-0.25, -0.2) is 4.39 Å². The lowest BCUT2D eigenvalue weighted by Gasteiger charge is -2.25. The third kappa shape index (κ3) is 2.24. The van der Waals surface area contributed by atoms with Crippen molar-refractivity contribution >= 4 is 22.6 Å². The van der Waals surface area contributed by atoms with E-state index in [4.69, 9.17) is 0 Å². The van der Waals surface area contributed by atoms with Crippen molar-refractivity contribution in [2.24, 2.45) is 0 Å². The van der Waals surface area contributed by atoms with Crippen molar-refractivity contribution in [1.82, 2.24) is 10.6 Å². The monoisotopic (exact) mass is 306 g/mol. The van der Waals surface area contributed by atoms with Crippen LogP contribution in [-0.4, -0.2) is 19.6 Å². The van der Waals surface area contributed by atoms with Crippen LogP contribution in [0.25, 0.3) is 0 Å². The largest absolute Gasteiger partial charge is 0.314 e. The lowest BCUT2D eigenvalue weighted by molar-refractivity contribution is 0.416. The molecule has 0 aromatic heterocycles. The number of hydrogen-bond acceptors (Lipinski definition) is 2. The second-order valence-electron chi connectivity index (χ2n) is 3.38. The van der Waals surface area contributed by atoms with Crippen molar-refractivity contribution in [3.63, 3.8) is 0 Å². The summed E-state index contributed by atoms with van der Waals surface area (Å²) in [5.74, 6) is -0.119. The van der Waals surface area contributed by atoms with E-state index in [9.17, 15) is 4.39 Å². The molecule has 1 saturated heterocycles. The van der Waals surface area contributed by atoms with Crippen LogP contribution in [0.1, 0.15) is 11.6 Å². The first-order chi connectivity index (χ1) is 6.77. The minimum absolute atomic E-state index is 0.110. The maximum Gasteiger partial charge on any atom is 0.128 e. The maximum atomic E-state index is 13.5. The van der Waals surface area contributed by atoms with Crippen LogP contribution < -0.4 is 10.6 Å². The third-order valence-corrected chi connectivity index (χ3v) is 3.05. The van der Waals surface area contributed by atoms with Gasteiger partial charge in [-0.2, -0.15) is 0 Å². The highest BCUT2D eigenvalue weighted by atomic mass is 127. The fraction of sp³-hybridized carbons (Fsp3) is 0.400. The molecule has 2 N–H and O–H groups in total. The van der Waals surface area contributed by atoms with Gasteiger partial charge in [-0.1, -0.05) is 0 Å². The van der Waals surface area contributed by atoms with Gasteiger partial charge in [0.2, 0.25) is 0 Å². The summed E-state index contributed by atoms with van der Waals surface area (Å²) in [6.45, 7) is 2.66. The van der Waals surface area contributed by atoms with Crippen molar-refractivity contribution in [1.29, 1.82) is 0 Å². The Labute approximate surface area is 96.4 Å². The average Bonchev–Trinajstić information content (AvgIpc) is 2.23. The van der Waals surface area contributed by atoms with Crippen LogP contribution in [0.3, 0.4) is 0 Å². The van der Waals surface area contributed by atoms with E-state index >= 15 is 0 Å². The van der Waals surface area contributed by atoms with Crippen molar-refractivity contribution < 1.29 is 4.39 Å². The topological polar surface area (TPSA) is 24.1 Å². The number of nitrogens with one attached hydrogen (secondary N) is 2. The van der Waals surface area contributed by atoms with Crippen LogP contribution in [0.5, 0.6) is 0 Å². The third-order valence-electron chi connectivity index (χ3n) is 2.37. The number of hydrogen-bond donors (Lipinski definition) is 2. The van der Waals surface area contributed by atoms with Crippen LogP contribution in [0, 0.1) is 9.39 Å². The molecule has 1 heterocycles. The summed E-state index contributed by atoms with van der Waals surface area (Å²) >= 11 is 2.20. The standard InChI is InChI=1S/C10H12FIN2/c11-9-2-1-7(12)5-8(9)10-6-13-3-4-14-10/h1-2,5,10,13-14H,3-4,6H2/t10-/m1/s1. The van der Waals surface area contributed by atoms with Crippen molar-refractivity contribution in [3.8, 4) is 0 Å². The average molecular weight is 306 g/mol. The molecule has 0 unspecified atom stereocenters. The Morgan fingerprint density at radius 3 is 2.93 bits per heavy atom. The Hall–Kier alpha value is -0.200. The molecule has 1 aliphatic rings. The van der Waals surface area contributed by atoms with Crippen molar-refractivity contribution in [2.75, 3.05) is 19.6 Å². The van der Waals surface area contributed by atoms with E-state index in [-0.39, 0.29) is 11.9 Å². The summed E-state index contributed by atoms with van der Waals surface area (Å²) in [6, 6.07) is 5.34. The lowest BCUT2D eigenvalue weighted by Crippen LogP contribution is -2.43. The lowest BCUT2D eigenvalue weighted by atomic mass is 10.1. The summed E-state index contributed by atoms with van der Waals surface area (Å²) in [7, 11) is 0. The normalized spacial score (nSPS) is 22.3. The molecule has 0 bridgehead atoms. The van der Waals surface area contributed by atoms with Gasteiger partial charge < -0.3 is 10.6 Å². The SMILES string of the molecule is Fc1ccc(I)cc1[C@H]1CNCCN1. The first-order valence-electron chi connectivity index (χ1n) is 4.66. The number of halogens is 2. The van der Waals surface area contributed by atoms with Crippen LogP contribution in [-0.2, 0) is 0 Å². The summed E-state index contributed by atoms with van der Waals surface area (Å²) in [5, 5.41) is 6.55. The Bertz CT molecular complexity index is 324. The van der Waals surface area contributed by atoms with Crippen LogP contribution >= 0.6 is 22.6 Å². The van der Waals surface area contributed by atoms with E-state index in [1.165, 1.54) is 6.07 Å². The van der Waals surface area contributed by atoms with Crippen molar-refractivity contribution in [3.05, 3.63) is 33.1 Å². The molecule has 0 radical (unpaired) electrons. The van der Waals surface area contributed by atoms with Gasteiger partial charge in [0.05, 0.1) is 0 Å². The Kier molecular flexibility index (Phi) is 3.35. The molecule has 0 saturated carbocycles. The van der Waals surface area contributed by atoms with E-state index in [2.05, 4.69) is 33.2 Å². The smallest absolute Gasteiger partial charge is 0.128 e. The highest BCUT2D eigenvalue weighted by Gasteiger charge is 2.17. The second kappa shape index (κ2) is 4.55. The van der Waals surface area contributed by atoms with Gasteiger partial charge in [0.1, 0.15) is 5.82 Å². The zero-order valence-corrected chi connectivity index (χ0v) is 9.84. The number of benzene rings is 1. The van der Waals surface area contributed by atoms with Crippen LogP contribution in [0.15, 0.2) is 18.2 Å². The molecule has 2 nitrogen and oxygen atoms in total. The fourth-order valence-corrected chi connectivity index (χ4v) is 2.17. The predicted octanol–water partition coefficient (Wildman–Crippen LogP) is 1.66. The molecule has 0 aliphatic carbocycles. The van der Waals surface area contributed by atoms with E-state index in [0.717, 1.165) is 28.8 Å². The van der Waals surface area contributed by atoms with E-state index in [1.807, 2.05) is 6.07 Å². The molecule has 2 rings (SSSR count). The molecule has 1 fully saturated rings. The van der Waals surface area contributed by atoms with Gasteiger partial charge in [-0.05, 0) is 40.8 Å². The van der Waals surface area contributed by atoms with Gasteiger partial charge in [-0.15, -0.1) is 0 Å². The second-order valence-corrected chi connectivity index (χ2v) is 4.62. The van der Waals surface area contributed by atoms with Gasteiger partial charge in [-0.3, -0.25) is 0 Å². The highest BCUT2D eigenvalue weighted by Crippen LogP contribution is 2.20. The first-order valence-corrected chi connectivity index (χ1v) is 5.74. The zero-order chi connectivity index (χ0) is 9.97. The predicted molar refractivity (Wildman–Crippen MR) is 62.7 cm³/mol. The van der Waals surface area contributed by atoms with E-state index < -0.39 is 0 Å². The van der Waals surface area contributed by atoms with Crippen molar-refractivity contribution in [2.45, 2.75) is 6.04 Å². The molecular weight excluding hydrogens is 294 g/mol. The summed E-state index contributed by atoms with van der Waals surface area (Å²) in [5.41, 5.74) is 0.768. The molecule has 76 valence electrons. The Morgan fingerprint density at radius 2 is 2.21 bits per heavy atom. The van der Waals surface area contributed by atoms with Crippen LogP contribution in [0.2, 0.25) is 0 Å². The molecular formula is C10H12FIN2. The Balaban J connectivity index is 2.24. The van der Waals surface area contributed by atoms with E-state index in [0.29, 0.717) is 0 Å². The fourth-order valence-electron chi connectivity index (χ4n) is 1.65. The zero-order valence-electron chi connectivity index (χ0n) is 7.69. The Morgan fingerprint density at radius 1 is 1.36 bits per heavy atom. The van der Waals surface area contributed by atoms with Gasteiger partial charge in [0.25, 0.3) is 0 Å². The number of rotatable bonds is 1. The quantitative estimate of drug-likeness (QED) is 0.771. The summed E-state index contributed by atoms with van der Waals surface area (Å²) < 4.78 is 14.6. The van der Waals surface area contributed by atoms with Crippen LogP contribution in [0.4, 0.5) is 4.39 Å². The molecule has 1 atom stereocenters. The van der Waals surface area contributed by atoms with Gasteiger partial charge in [0.15, 0.2) is 0 Å². The molecule has 1 aromatic rings. The molecule has 14 heavy (non-hydrogen) atoms. The molecule has 4 heteroatoms. The summed E-state index contributed by atoms with van der Waals surface area (Å²) in [4.78, 5) is 0. The van der Waals surface area contributed by atoms with E-state index in [1.54, 1.807) is 6.07 Å². The summed E-state index contributed by atoms with van der Waals surface area (Å²) in [6.07, 6.45) is 0. The highest BCUT2D eigenvalue weighted by molar-refractivity contribution is 14.1. The molecule has 0 spiro atoms. The van der Waals surface area contributed by atoms with Gasteiger partial charge >= 0.3 is 0 Å². The maximum absolute atomic E-state index is 13.5. The van der Waals surface area contributed by atoms with Gasteiger partial charge in [0, 0.05) is 34.8 Å².